The van der Waals surface area contributed by atoms with Gasteiger partial charge in [-0.3, -0.25) is 0 Å². The first kappa shape index (κ1) is 11.8. The summed E-state index contributed by atoms with van der Waals surface area (Å²) in [7, 11) is 0. The zero-order chi connectivity index (χ0) is 12.4. The van der Waals surface area contributed by atoms with Crippen molar-refractivity contribution < 1.29 is 4.92 Å². The summed E-state index contributed by atoms with van der Waals surface area (Å²) in [6.45, 7) is 3.14. The number of halogens is 1. The minimum atomic E-state index is -0.511. The van der Waals surface area contributed by atoms with Gasteiger partial charge in [0.2, 0.25) is 0 Å². The second-order valence-electron chi connectivity index (χ2n) is 3.49. The van der Waals surface area contributed by atoms with Gasteiger partial charge in [0.15, 0.2) is 0 Å². The number of hydrogen-bond acceptors (Lipinski definition) is 4. The molecule has 0 amide bonds. The molecule has 2 aromatic rings. The summed E-state index contributed by atoms with van der Waals surface area (Å²) in [6, 6.07) is 0. The van der Waals surface area contributed by atoms with E-state index in [1.165, 1.54) is 0 Å². The van der Waals surface area contributed by atoms with Crippen molar-refractivity contribution in [2.45, 2.75) is 20.0 Å². The summed E-state index contributed by atoms with van der Waals surface area (Å²) < 4.78 is 3.90. The van der Waals surface area contributed by atoms with Crippen LogP contribution in [-0.2, 0) is 13.1 Å². The van der Waals surface area contributed by atoms with Gasteiger partial charge >= 0.3 is 5.82 Å². The molecule has 0 spiro atoms. The molecule has 0 radical (unpaired) electrons. The first-order valence-electron chi connectivity index (χ1n) is 4.93. The van der Waals surface area contributed by atoms with E-state index in [1.54, 1.807) is 17.1 Å². The van der Waals surface area contributed by atoms with Crippen LogP contribution >= 0.6 is 15.9 Å². The highest BCUT2D eigenvalue weighted by molar-refractivity contribution is 9.10. The van der Waals surface area contributed by atoms with Gasteiger partial charge in [-0.2, -0.15) is 4.68 Å². The van der Waals surface area contributed by atoms with E-state index in [2.05, 4.69) is 26.0 Å². The molecule has 17 heavy (non-hydrogen) atoms. The quantitative estimate of drug-likeness (QED) is 0.636. The van der Waals surface area contributed by atoms with Crippen molar-refractivity contribution in [1.29, 1.82) is 0 Å². The summed E-state index contributed by atoms with van der Waals surface area (Å²) in [5, 5.41) is 14.5. The van der Waals surface area contributed by atoms with Gasteiger partial charge in [0.1, 0.15) is 10.3 Å². The van der Waals surface area contributed by atoms with Crippen molar-refractivity contribution in [3.05, 3.63) is 39.0 Å². The van der Waals surface area contributed by atoms with E-state index < -0.39 is 4.92 Å². The lowest BCUT2D eigenvalue weighted by atomic mass is 10.5. The Bertz CT molecular complexity index is 547. The van der Waals surface area contributed by atoms with Gasteiger partial charge < -0.3 is 14.7 Å². The molecule has 0 bridgehead atoms. The second kappa shape index (κ2) is 4.66. The molecule has 0 unspecified atom stereocenters. The molecule has 0 saturated carbocycles. The van der Waals surface area contributed by atoms with Crippen LogP contribution < -0.4 is 0 Å². The average molecular weight is 300 g/mol. The number of rotatable bonds is 4. The highest BCUT2D eigenvalue weighted by atomic mass is 79.9. The number of nitro groups is 1. The van der Waals surface area contributed by atoms with Gasteiger partial charge in [0.05, 0.1) is 17.8 Å². The molecular formula is C9H10BrN5O2. The first-order chi connectivity index (χ1) is 8.08. The van der Waals surface area contributed by atoms with Crippen LogP contribution in [0.4, 0.5) is 5.82 Å². The van der Waals surface area contributed by atoms with E-state index in [0.29, 0.717) is 17.6 Å². The van der Waals surface area contributed by atoms with Crippen molar-refractivity contribution in [3.63, 3.8) is 0 Å². The van der Waals surface area contributed by atoms with Gasteiger partial charge in [-0.1, -0.05) is 0 Å². The second-order valence-corrected chi connectivity index (χ2v) is 4.34. The van der Waals surface area contributed by atoms with Crippen LogP contribution in [0, 0.1) is 17.0 Å². The Kier molecular flexibility index (Phi) is 3.23. The Morgan fingerprint density at radius 2 is 2.29 bits per heavy atom. The van der Waals surface area contributed by atoms with Crippen LogP contribution in [0.1, 0.15) is 5.82 Å². The van der Waals surface area contributed by atoms with Crippen LogP contribution in [0.5, 0.6) is 0 Å². The van der Waals surface area contributed by atoms with Crippen molar-refractivity contribution >= 4 is 21.7 Å². The third-order valence-corrected chi connectivity index (χ3v) is 2.93. The third kappa shape index (κ3) is 2.52. The maximum Gasteiger partial charge on any atom is 0.404 e. The Morgan fingerprint density at radius 3 is 2.82 bits per heavy atom. The fourth-order valence-electron chi connectivity index (χ4n) is 1.48. The van der Waals surface area contributed by atoms with Crippen LogP contribution in [0.15, 0.2) is 23.1 Å². The van der Waals surface area contributed by atoms with Crippen molar-refractivity contribution in [2.75, 3.05) is 0 Å². The zero-order valence-electron chi connectivity index (χ0n) is 9.08. The molecule has 90 valence electrons. The summed E-state index contributed by atoms with van der Waals surface area (Å²) in [5.74, 6) is 0.748. The monoisotopic (exact) mass is 299 g/mol. The third-order valence-electron chi connectivity index (χ3n) is 2.37. The van der Waals surface area contributed by atoms with E-state index in [1.807, 2.05) is 17.7 Å². The molecule has 2 heterocycles. The Morgan fingerprint density at radius 1 is 1.53 bits per heavy atom. The SMILES string of the molecule is Cc1nccn1CCn1cc(Br)c([N+](=O)[O-])n1. The molecule has 0 aliphatic rings. The lowest BCUT2D eigenvalue weighted by molar-refractivity contribution is -0.390. The summed E-state index contributed by atoms with van der Waals surface area (Å²) in [4.78, 5) is 14.2. The average Bonchev–Trinajstić information content (AvgIpc) is 2.82. The van der Waals surface area contributed by atoms with Gasteiger partial charge in [-0.15, -0.1) is 0 Å². The predicted molar refractivity (Wildman–Crippen MR) is 63.5 cm³/mol. The lowest BCUT2D eigenvalue weighted by Crippen LogP contribution is -2.08. The van der Waals surface area contributed by atoms with Crippen LogP contribution in [0.3, 0.4) is 0 Å². The van der Waals surface area contributed by atoms with Crippen LogP contribution in [0.2, 0.25) is 0 Å². The molecule has 0 N–H and O–H groups in total. The van der Waals surface area contributed by atoms with E-state index in [9.17, 15) is 10.1 Å². The number of nitrogens with zero attached hydrogens (tertiary/aromatic N) is 5. The van der Waals surface area contributed by atoms with E-state index in [4.69, 9.17) is 0 Å². The molecule has 0 aliphatic heterocycles. The highest BCUT2D eigenvalue weighted by Crippen LogP contribution is 2.21. The fourth-order valence-corrected chi connectivity index (χ4v) is 1.94. The molecule has 2 rings (SSSR count). The minimum absolute atomic E-state index is 0.160. The molecule has 0 aliphatic carbocycles. The van der Waals surface area contributed by atoms with E-state index in [0.717, 1.165) is 5.82 Å². The molecule has 7 nitrogen and oxygen atoms in total. The molecule has 8 heteroatoms. The molecule has 2 aromatic heterocycles. The maximum absolute atomic E-state index is 10.6. The van der Waals surface area contributed by atoms with Crippen LogP contribution in [-0.4, -0.2) is 24.3 Å². The Balaban J connectivity index is 2.07. The topological polar surface area (TPSA) is 78.8 Å². The highest BCUT2D eigenvalue weighted by Gasteiger charge is 2.18. The van der Waals surface area contributed by atoms with Gasteiger partial charge in [-0.05, 0) is 27.8 Å². The van der Waals surface area contributed by atoms with E-state index >= 15 is 0 Å². The molecular weight excluding hydrogens is 290 g/mol. The zero-order valence-corrected chi connectivity index (χ0v) is 10.7. The first-order valence-corrected chi connectivity index (χ1v) is 5.72. The molecule has 0 fully saturated rings. The van der Waals surface area contributed by atoms with Gasteiger partial charge in [0.25, 0.3) is 0 Å². The van der Waals surface area contributed by atoms with Crippen molar-refractivity contribution in [2.24, 2.45) is 0 Å². The summed E-state index contributed by atoms with van der Waals surface area (Å²) >= 11 is 3.11. The van der Waals surface area contributed by atoms with Crippen LogP contribution in [0.25, 0.3) is 0 Å². The number of aromatic nitrogens is 4. The smallest absolute Gasteiger partial charge is 0.358 e. The molecule has 0 atom stereocenters. The molecule has 0 saturated heterocycles. The van der Waals surface area contributed by atoms with Gasteiger partial charge in [-0.25, -0.2) is 4.98 Å². The van der Waals surface area contributed by atoms with Gasteiger partial charge in [0, 0.05) is 18.9 Å². The molecule has 0 aromatic carbocycles. The fraction of sp³-hybridized carbons (Fsp3) is 0.333. The number of hydrogen-bond donors (Lipinski definition) is 0. The maximum atomic E-state index is 10.6. The Hall–Kier alpha value is -1.70. The number of aryl methyl sites for hydroxylation is 3. The van der Waals surface area contributed by atoms with Crippen molar-refractivity contribution in [3.8, 4) is 0 Å². The summed E-state index contributed by atoms with van der Waals surface area (Å²) in [5.41, 5.74) is 0. The summed E-state index contributed by atoms with van der Waals surface area (Å²) in [6.07, 6.45) is 5.18. The largest absolute Gasteiger partial charge is 0.404 e. The Labute approximate surface area is 105 Å². The van der Waals surface area contributed by atoms with Crippen molar-refractivity contribution in [1.82, 2.24) is 19.3 Å². The standard InChI is InChI=1S/C9H10BrN5O2/c1-7-11-2-3-13(7)4-5-14-6-8(10)9(12-14)15(16)17/h2-3,6H,4-5H2,1H3. The lowest BCUT2D eigenvalue weighted by Gasteiger charge is -2.02. The minimum Gasteiger partial charge on any atom is -0.358 e. The predicted octanol–water partition coefficient (Wildman–Crippen LogP) is 1.76. The van der Waals surface area contributed by atoms with E-state index in [-0.39, 0.29) is 5.82 Å². The normalized spacial score (nSPS) is 10.7. The number of imidazole rings is 1.